The highest BCUT2D eigenvalue weighted by Crippen LogP contribution is 2.28. The lowest BCUT2D eigenvalue weighted by Gasteiger charge is -2.03. The Morgan fingerprint density at radius 1 is 1.59 bits per heavy atom. The SMILES string of the molecule is CCOCCCNc1cc(N)c(C(=O)NC)s1. The highest BCUT2D eigenvalue weighted by atomic mass is 32.1. The molecule has 6 heteroatoms. The van der Waals surface area contributed by atoms with E-state index in [0.717, 1.165) is 31.2 Å². The van der Waals surface area contributed by atoms with Crippen LogP contribution in [0.2, 0.25) is 0 Å². The number of anilines is 2. The maximum Gasteiger partial charge on any atom is 0.263 e. The Morgan fingerprint density at radius 2 is 2.35 bits per heavy atom. The summed E-state index contributed by atoms with van der Waals surface area (Å²) in [6.07, 6.45) is 0.932. The molecule has 0 saturated carbocycles. The van der Waals surface area contributed by atoms with Crippen molar-refractivity contribution in [3.63, 3.8) is 0 Å². The van der Waals surface area contributed by atoms with Crippen LogP contribution in [0.15, 0.2) is 6.07 Å². The second-order valence-corrected chi connectivity index (χ2v) is 4.50. The first-order valence-electron chi connectivity index (χ1n) is 5.62. The molecule has 1 amide bonds. The zero-order chi connectivity index (χ0) is 12.7. The summed E-state index contributed by atoms with van der Waals surface area (Å²) in [5.74, 6) is -0.144. The van der Waals surface area contributed by atoms with Gasteiger partial charge in [0.25, 0.3) is 5.91 Å². The number of nitrogens with two attached hydrogens (primary N) is 1. The molecule has 0 atom stereocenters. The number of hydrogen-bond acceptors (Lipinski definition) is 5. The van der Waals surface area contributed by atoms with E-state index >= 15 is 0 Å². The number of thiophene rings is 1. The number of nitrogen functional groups attached to an aromatic ring is 1. The van der Waals surface area contributed by atoms with E-state index in [9.17, 15) is 4.79 Å². The highest BCUT2D eigenvalue weighted by Gasteiger charge is 2.12. The lowest BCUT2D eigenvalue weighted by atomic mass is 10.3. The summed E-state index contributed by atoms with van der Waals surface area (Å²) in [5.41, 5.74) is 6.27. The van der Waals surface area contributed by atoms with E-state index in [1.54, 1.807) is 13.1 Å². The second-order valence-electron chi connectivity index (χ2n) is 3.45. The van der Waals surface area contributed by atoms with Gasteiger partial charge in [-0.25, -0.2) is 0 Å². The fourth-order valence-corrected chi connectivity index (χ4v) is 2.26. The lowest BCUT2D eigenvalue weighted by Crippen LogP contribution is -2.17. The van der Waals surface area contributed by atoms with Gasteiger partial charge in [-0.1, -0.05) is 0 Å². The maximum absolute atomic E-state index is 11.4. The van der Waals surface area contributed by atoms with E-state index in [1.165, 1.54) is 11.3 Å². The van der Waals surface area contributed by atoms with E-state index in [1.807, 2.05) is 6.92 Å². The smallest absolute Gasteiger partial charge is 0.263 e. The summed E-state index contributed by atoms with van der Waals surface area (Å²) >= 11 is 1.37. The minimum Gasteiger partial charge on any atom is -0.397 e. The summed E-state index contributed by atoms with van der Waals surface area (Å²) in [6.45, 7) is 4.27. The van der Waals surface area contributed by atoms with Crippen LogP contribution < -0.4 is 16.4 Å². The topological polar surface area (TPSA) is 76.4 Å². The second kappa shape index (κ2) is 7.13. The van der Waals surface area contributed by atoms with Gasteiger partial charge in [-0.3, -0.25) is 4.79 Å². The number of ether oxygens (including phenoxy) is 1. The normalized spacial score (nSPS) is 10.2. The van der Waals surface area contributed by atoms with Crippen molar-refractivity contribution in [1.29, 1.82) is 0 Å². The molecule has 1 aromatic rings. The number of carbonyl (C=O) groups excluding carboxylic acids is 1. The summed E-state index contributed by atoms with van der Waals surface area (Å²) in [6, 6.07) is 1.79. The average molecular weight is 257 g/mol. The Morgan fingerprint density at radius 3 is 3.00 bits per heavy atom. The third-order valence-electron chi connectivity index (χ3n) is 2.16. The average Bonchev–Trinajstić information content (AvgIpc) is 2.69. The molecule has 0 radical (unpaired) electrons. The van der Waals surface area contributed by atoms with Crippen LogP contribution in [0.4, 0.5) is 10.7 Å². The molecule has 0 aliphatic heterocycles. The van der Waals surface area contributed by atoms with E-state index in [-0.39, 0.29) is 5.91 Å². The molecule has 4 N–H and O–H groups in total. The quantitative estimate of drug-likeness (QED) is 0.647. The predicted octanol–water partition coefficient (Wildman–Crippen LogP) is 1.53. The van der Waals surface area contributed by atoms with E-state index in [0.29, 0.717) is 10.6 Å². The van der Waals surface area contributed by atoms with Crippen molar-refractivity contribution in [2.24, 2.45) is 0 Å². The van der Waals surface area contributed by atoms with Crippen molar-refractivity contribution < 1.29 is 9.53 Å². The van der Waals surface area contributed by atoms with Crippen molar-refractivity contribution in [2.45, 2.75) is 13.3 Å². The molecule has 96 valence electrons. The van der Waals surface area contributed by atoms with Gasteiger partial charge >= 0.3 is 0 Å². The minimum absolute atomic E-state index is 0.144. The van der Waals surface area contributed by atoms with Crippen molar-refractivity contribution in [3.05, 3.63) is 10.9 Å². The summed E-state index contributed by atoms with van der Waals surface area (Å²) in [7, 11) is 1.59. The number of amides is 1. The molecule has 0 fully saturated rings. The molecule has 0 aromatic carbocycles. The number of nitrogens with one attached hydrogen (secondary N) is 2. The van der Waals surface area contributed by atoms with Crippen molar-refractivity contribution in [2.75, 3.05) is 37.9 Å². The first-order chi connectivity index (χ1) is 8.19. The van der Waals surface area contributed by atoms with Crippen LogP contribution in [0.5, 0.6) is 0 Å². The zero-order valence-corrected chi connectivity index (χ0v) is 11.0. The molecule has 0 aliphatic carbocycles. The summed E-state index contributed by atoms with van der Waals surface area (Å²) in [4.78, 5) is 12.0. The van der Waals surface area contributed by atoms with Crippen molar-refractivity contribution in [1.82, 2.24) is 5.32 Å². The standard InChI is InChI=1S/C11H19N3O2S/c1-3-16-6-4-5-14-9-7-8(12)10(17-9)11(15)13-2/h7,14H,3-6,12H2,1-2H3,(H,13,15). The molecule has 5 nitrogen and oxygen atoms in total. The maximum atomic E-state index is 11.4. The molecule has 17 heavy (non-hydrogen) atoms. The largest absolute Gasteiger partial charge is 0.397 e. The molecule has 1 aromatic heterocycles. The van der Waals surface area contributed by atoms with E-state index in [4.69, 9.17) is 10.5 Å². The monoisotopic (exact) mass is 257 g/mol. The van der Waals surface area contributed by atoms with Gasteiger partial charge in [-0.2, -0.15) is 0 Å². The van der Waals surface area contributed by atoms with Crippen molar-refractivity contribution in [3.8, 4) is 0 Å². The van der Waals surface area contributed by atoms with Gasteiger partial charge in [-0.15, -0.1) is 11.3 Å². The molecule has 1 heterocycles. The Labute approximate surface area is 105 Å². The zero-order valence-electron chi connectivity index (χ0n) is 10.2. The van der Waals surface area contributed by atoms with Gasteiger partial charge in [0.05, 0.1) is 10.7 Å². The minimum atomic E-state index is -0.144. The van der Waals surface area contributed by atoms with Crippen molar-refractivity contribution >= 4 is 27.9 Å². The lowest BCUT2D eigenvalue weighted by molar-refractivity contribution is 0.0968. The molecule has 0 unspecified atom stereocenters. The third-order valence-corrected chi connectivity index (χ3v) is 3.27. The Bertz CT molecular complexity index is 366. The summed E-state index contributed by atoms with van der Waals surface area (Å²) < 4.78 is 5.23. The molecule has 0 bridgehead atoms. The Kier molecular flexibility index (Phi) is 5.79. The molecular formula is C11H19N3O2S. The molecule has 0 spiro atoms. The Hall–Kier alpha value is -1.27. The van der Waals surface area contributed by atoms with Crippen LogP contribution in [0.25, 0.3) is 0 Å². The number of hydrogen-bond donors (Lipinski definition) is 3. The van der Waals surface area contributed by atoms with Gasteiger partial charge in [-0.05, 0) is 19.4 Å². The first kappa shape index (κ1) is 13.8. The molecule has 0 aliphatic rings. The van der Waals surface area contributed by atoms with Gasteiger partial charge in [0.15, 0.2) is 0 Å². The van der Waals surface area contributed by atoms with Gasteiger partial charge < -0.3 is 21.1 Å². The van der Waals surface area contributed by atoms with Crippen LogP contribution in [0.3, 0.4) is 0 Å². The highest BCUT2D eigenvalue weighted by molar-refractivity contribution is 7.18. The van der Waals surface area contributed by atoms with Gasteiger partial charge in [0.2, 0.25) is 0 Å². The number of rotatable bonds is 7. The van der Waals surface area contributed by atoms with Gasteiger partial charge in [0, 0.05) is 26.8 Å². The number of carbonyl (C=O) groups is 1. The first-order valence-corrected chi connectivity index (χ1v) is 6.43. The van der Waals surface area contributed by atoms with Crippen LogP contribution in [-0.2, 0) is 4.74 Å². The fraction of sp³-hybridized carbons (Fsp3) is 0.545. The Balaban J connectivity index is 2.42. The molecule has 0 saturated heterocycles. The van der Waals surface area contributed by atoms with Crippen LogP contribution >= 0.6 is 11.3 Å². The molecule has 1 rings (SSSR count). The van der Waals surface area contributed by atoms with Gasteiger partial charge in [0.1, 0.15) is 4.88 Å². The van der Waals surface area contributed by atoms with E-state index in [2.05, 4.69) is 10.6 Å². The summed E-state index contributed by atoms with van der Waals surface area (Å²) in [5, 5.41) is 6.70. The van der Waals surface area contributed by atoms with E-state index < -0.39 is 0 Å². The van der Waals surface area contributed by atoms with Crippen LogP contribution in [0, 0.1) is 0 Å². The van der Waals surface area contributed by atoms with Crippen LogP contribution in [0.1, 0.15) is 23.0 Å². The molecular weight excluding hydrogens is 238 g/mol. The predicted molar refractivity (Wildman–Crippen MR) is 71.7 cm³/mol. The third kappa shape index (κ3) is 4.24. The van der Waals surface area contributed by atoms with Crippen LogP contribution in [-0.4, -0.2) is 32.7 Å². The fourth-order valence-electron chi connectivity index (χ4n) is 1.31.